The number of aliphatic hydroxyl groups is 3. The molecule has 2 fully saturated rings. The van der Waals surface area contributed by atoms with Crippen LogP contribution < -0.4 is 16.9 Å². The number of aromatic amines is 2. The zero-order chi connectivity index (χ0) is 29.9. The largest absolute Gasteiger partial charge is 0.472 e. The minimum absolute atomic E-state index is 0.0266. The smallest absolute Gasteiger partial charge is 0.394 e. The Hall–Kier alpha value is -3.66. The Labute approximate surface area is 231 Å². The summed E-state index contributed by atoms with van der Waals surface area (Å²) in [6.45, 7) is -1.58. The van der Waals surface area contributed by atoms with E-state index in [-0.39, 0.29) is 28.3 Å². The fourth-order valence-electron chi connectivity index (χ4n) is 4.80. The monoisotopic (exact) mass is 615 g/mol. The van der Waals surface area contributed by atoms with Gasteiger partial charge in [0.25, 0.3) is 11.1 Å². The number of ether oxygens (including phenoxy) is 2. The van der Waals surface area contributed by atoms with Crippen LogP contribution in [0.15, 0.2) is 28.6 Å². The molecule has 0 spiro atoms. The number of nitrogens with two attached hydrogens (primary N) is 1. The highest BCUT2D eigenvalue weighted by Gasteiger charge is 2.51. The number of aromatic nitrogens is 8. The zero-order valence-corrected chi connectivity index (χ0v) is 21.9. The molecule has 2 aliphatic rings. The number of nitrogens with zero attached hydrogens (tertiary/aromatic N) is 6. The SMILES string of the molecule is Nc1nc2c(ncn2[C@@H]2O[C@H](CO)[C@@H](O)[C@H]2OP(=O)(O)OC[C@H]2OC(n3cnc4c(=O)[nH]cnc43)[C@H](F)[C@@H]2O)c(=O)[nH]1. The number of halogens is 1. The lowest BCUT2D eigenvalue weighted by atomic mass is 10.1. The summed E-state index contributed by atoms with van der Waals surface area (Å²) < 4.78 is 51.4. The number of aliphatic hydroxyl groups excluding tert-OH is 3. The van der Waals surface area contributed by atoms with E-state index in [1.807, 2.05) is 0 Å². The molecule has 0 aliphatic carbocycles. The maximum atomic E-state index is 15.0. The van der Waals surface area contributed by atoms with Crippen molar-refractivity contribution >= 4 is 36.1 Å². The van der Waals surface area contributed by atoms with Gasteiger partial charge in [0.15, 0.2) is 41.0 Å². The van der Waals surface area contributed by atoms with Crippen molar-refractivity contribution < 1.29 is 47.7 Å². The molecule has 4 aromatic rings. The van der Waals surface area contributed by atoms with Gasteiger partial charge in [-0.15, -0.1) is 0 Å². The predicted molar refractivity (Wildman–Crippen MR) is 133 cm³/mol. The van der Waals surface area contributed by atoms with Gasteiger partial charge in [0.1, 0.15) is 30.5 Å². The second-order valence-corrected chi connectivity index (χ2v) is 10.8. The molecule has 22 heteroatoms. The molecule has 6 rings (SSSR count). The van der Waals surface area contributed by atoms with Crippen molar-refractivity contribution in [1.29, 1.82) is 0 Å². The molecular formula is C20H23FN9O11P. The molecule has 2 unspecified atom stereocenters. The first kappa shape index (κ1) is 28.5. The molecule has 6 heterocycles. The maximum Gasteiger partial charge on any atom is 0.472 e. The Bertz CT molecular complexity index is 1790. The summed E-state index contributed by atoms with van der Waals surface area (Å²) in [5.41, 5.74) is 3.94. The van der Waals surface area contributed by atoms with Crippen molar-refractivity contribution in [2.45, 2.75) is 49.1 Å². The van der Waals surface area contributed by atoms with E-state index in [1.165, 1.54) is 0 Å². The molecule has 20 nitrogen and oxygen atoms in total. The predicted octanol–water partition coefficient (Wildman–Crippen LogP) is -2.82. The Morgan fingerprint density at radius 1 is 1.02 bits per heavy atom. The van der Waals surface area contributed by atoms with E-state index < -0.39 is 81.3 Å². The summed E-state index contributed by atoms with van der Waals surface area (Å²) in [5.74, 6) is -0.272. The van der Waals surface area contributed by atoms with Crippen LogP contribution in [0.5, 0.6) is 0 Å². The molecule has 0 aromatic carbocycles. The van der Waals surface area contributed by atoms with Gasteiger partial charge >= 0.3 is 7.82 Å². The molecule has 0 amide bonds. The minimum atomic E-state index is -5.12. The maximum absolute atomic E-state index is 15.0. The first-order valence-corrected chi connectivity index (χ1v) is 13.7. The van der Waals surface area contributed by atoms with Gasteiger partial charge in [-0.25, -0.2) is 23.9 Å². The van der Waals surface area contributed by atoms with Crippen LogP contribution in [0.25, 0.3) is 22.3 Å². The summed E-state index contributed by atoms with van der Waals surface area (Å²) in [7, 11) is -5.12. The van der Waals surface area contributed by atoms with Crippen LogP contribution in [0.2, 0.25) is 0 Å². The van der Waals surface area contributed by atoms with Crippen molar-refractivity contribution in [1.82, 2.24) is 39.0 Å². The number of phosphoric acid groups is 1. The Morgan fingerprint density at radius 3 is 2.40 bits per heavy atom. The number of phosphoric ester groups is 1. The molecule has 2 saturated heterocycles. The van der Waals surface area contributed by atoms with Crippen LogP contribution in [-0.4, -0.2) is 109 Å². The quantitative estimate of drug-likeness (QED) is 0.0984. The second kappa shape index (κ2) is 10.6. The minimum Gasteiger partial charge on any atom is -0.394 e. The van der Waals surface area contributed by atoms with Gasteiger partial charge in [-0.1, -0.05) is 0 Å². The van der Waals surface area contributed by atoms with E-state index in [0.717, 1.165) is 28.1 Å². The number of anilines is 1. The molecule has 226 valence electrons. The van der Waals surface area contributed by atoms with Gasteiger partial charge in [-0.2, -0.15) is 4.98 Å². The molecule has 0 saturated carbocycles. The van der Waals surface area contributed by atoms with Crippen LogP contribution in [0.4, 0.5) is 10.3 Å². The third-order valence-electron chi connectivity index (χ3n) is 6.81. The highest BCUT2D eigenvalue weighted by Crippen LogP contribution is 2.50. The van der Waals surface area contributed by atoms with Crippen LogP contribution in [-0.2, 0) is 23.1 Å². The van der Waals surface area contributed by atoms with Crippen LogP contribution >= 0.6 is 7.82 Å². The summed E-state index contributed by atoms with van der Waals surface area (Å²) in [5, 5.41) is 30.7. The average molecular weight is 615 g/mol. The van der Waals surface area contributed by atoms with E-state index in [9.17, 15) is 34.4 Å². The van der Waals surface area contributed by atoms with Crippen molar-refractivity contribution in [3.05, 3.63) is 39.7 Å². The summed E-state index contributed by atoms with van der Waals surface area (Å²) in [4.78, 5) is 54.8. The molecule has 2 aliphatic heterocycles. The molecule has 42 heavy (non-hydrogen) atoms. The van der Waals surface area contributed by atoms with Gasteiger partial charge in [-0.3, -0.25) is 32.8 Å². The zero-order valence-electron chi connectivity index (χ0n) is 21.0. The van der Waals surface area contributed by atoms with Gasteiger partial charge in [-0.05, 0) is 0 Å². The highest BCUT2D eigenvalue weighted by atomic mass is 31.2. The van der Waals surface area contributed by atoms with Crippen LogP contribution in [0.3, 0.4) is 0 Å². The van der Waals surface area contributed by atoms with Gasteiger partial charge in [0.2, 0.25) is 5.95 Å². The third-order valence-corrected chi connectivity index (χ3v) is 7.79. The molecule has 4 aromatic heterocycles. The van der Waals surface area contributed by atoms with E-state index in [1.54, 1.807) is 0 Å². The number of H-pyrrole nitrogens is 2. The van der Waals surface area contributed by atoms with Crippen molar-refractivity contribution in [3.63, 3.8) is 0 Å². The first-order valence-electron chi connectivity index (χ1n) is 12.2. The number of fused-ring (bicyclic) bond motifs is 2. The van der Waals surface area contributed by atoms with Gasteiger partial charge < -0.3 is 40.4 Å². The number of nitrogens with one attached hydrogen (secondary N) is 2. The summed E-state index contributed by atoms with van der Waals surface area (Å²) in [6, 6.07) is 0. The topological polar surface area (TPSA) is 288 Å². The van der Waals surface area contributed by atoms with E-state index in [4.69, 9.17) is 24.3 Å². The Kier molecular flexibility index (Phi) is 7.15. The standard InChI is InChI=1S/C20H23FN9O11P/c21-8-11(32)7(40-18(8)29-4-25-9-14(29)23-3-24-16(9)34)2-38-42(36,37)41-13-12(33)6(1-31)39-19(13)30-5-26-10-15(30)27-20(22)28-17(10)35/h3-8,11-13,18-19,31-33H,1-2H2,(H,36,37)(H,23,24,34)(H3,22,27,28,35)/t6-,7-,8-,11-,12-,13-,18?,19-/m1/s1. The summed E-state index contributed by atoms with van der Waals surface area (Å²) in [6.07, 6.45) is -9.76. The van der Waals surface area contributed by atoms with Crippen molar-refractivity contribution in [2.75, 3.05) is 18.9 Å². The number of hydrogen-bond donors (Lipinski definition) is 7. The molecule has 0 radical (unpaired) electrons. The molecular weight excluding hydrogens is 592 g/mol. The van der Waals surface area contributed by atoms with E-state index in [2.05, 4.69) is 29.9 Å². The lowest BCUT2D eigenvalue weighted by molar-refractivity contribution is -0.0600. The normalized spacial score (nSPS) is 31.3. The first-order chi connectivity index (χ1) is 20.0. The Morgan fingerprint density at radius 2 is 1.69 bits per heavy atom. The number of alkyl halides is 1. The average Bonchev–Trinajstić information content (AvgIpc) is 3.69. The highest BCUT2D eigenvalue weighted by molar-refractivity contribution is 7.47. The lowest BCUT2D eigenvalue weighted by Crippen LogP contribution is -2.35. The lowest BCUT2D eigenvalue weighted by Gasteiger charge is -2.24. The number of rotatable bonds is 8. The molecule has 8 N–H and O–H groups in total. The van der Waals surface area contributed by atoms with Gasteiger partial charge in [0.05, 0.1) is 32.2 Å². The molecule has 0 bridgehead atoms. The Balaban J connectivity index is 1.19. The fraction of sp³-hybridized carbons (Fsp3) is 0.500. The molecule has 9 atom stereocenters. The van der Waals surface area contributed by atoms with Crippen molar-refractivity contribution in [2.24, 2.45) is 0 Å². The van der Waals surface area contributed by atoms with Crippen LogP contribution in [0.1, 0.15) is 12.5 Å². The number of hydrogen-bond acceptors (Lipinski definition) is 15. The second-order valence-electron chi connectivity index (χ2n) is 9.40. The number of imidazole rings is 2. The summed E-state index contributed by atoms with van der Waals surface area (Å²) >= 11 is 0. The van der Waals surface area contributed by atoms with E-state index in [0.29, 0.717) is 0 Å². The fourth-order valence-corrected chi connectivity index (χ4v) is 5.73. The van der Waals surface area contributed by atoms with Crippen molar-refractivity contribution in [3.8, 4) is 0 Å². The van der Waals surface area contributed by atoms with Crippen LogP contribution in [0, 0.1) is 0 Å². The third kappa shape index (κ3) is 4.79. The van der Waals surface area contributed by atoms with Gasteiger partial charge in [0, 0.05) is 0 Å². The van der Waals surface area contributed by atoms with E-state index >= 15 is 4.39 Å². The number of nitrogen functional groups attached to an aromatic ring is 1.